The minimum Gasteiger partial charge on any atom is -0.457 e. The number of hydrogen-bond donors (Lipinski definition) is 0. The molecule has 3 heterocycles. The Morgan fingerprint density at radius 2 is 0.613 bits per heavy atom. The van der Waals surface area contributed by atoms with Crippen molar-refractivity contribution in [2.24, 2.45) is 0 Å². The normalized spacial score (nSPS) is 15.5. The van der Waals surface area contributed by atoms with Crippen molar-refractivity contribution in [3.63, 3.8) is 0 Å². The highest BCUT2D eigenvalue weighted by molar-refractivity contribution is 5.87. The molecule has 1 fully saturated rings. The van der Waals surface area contributed by atoms with Gasteiger partial charge in [-0.1, -0.05) is 72.8 Å². The van der Waals surface area contributed by atoms with Crippen molar-refractivity contribution >= 4 is 33.4 Å². The molecule has 0 atom stereocenters. The van der Waals surface area contributed by atoms with Gasteiger partial charge in [0.1, 0.15) is 0 Å². The molecule has 436 valence electrons. The molecule has 1 saturated heterocycles. The highest BCUT2D eigenvalue weighted by Crippen LogP contribution is 2.62. The summed E-state index contributed by atoms with van der Waals surface area (Å²) < 4.78 is 370. The summed E-state index contributed by atoms with van der Waals surface area (Å²) in [5.74, 6) is -80.6. The van der Waals surface area contributed by atoms with Crippen LogP contribution in [-0.2, 0) is 0 Å². The second-order valence-electron chi connectivity index (χ2n) is 17.2. The molecule has 0 amide bonds. The van der Waals surface area contributed by atoms with Gasteiger partial charge in [-0.05, 0) is 33.7 Å². The lowest BCUT2D eigenvalue weighted by atomic mass is 9.94. The average molecular weight is 1190 g/mol. The highest BCUT2D eigenvalue weighted by atomic mass is 19.4. The molecule has 7 rings (SSSR count). The number of benzene rings is 4. The molecule has 6 aromatic rings. The summed E-state index contributed by atoms with van der Waals surface area (Å²) in [6, 6.07) is 17.3. The van der Waals surface area contributed by atoms with Gasteiger partial charge in [0.2, 0.25) is 11.9 Å². The van der Waals surface area contributed by atoms with E-state index < -0.39 is 147 Å². The lowest BCUT2D eigenvalue weighted by molar-refractivity contribution is -0.440. The fourth-order valence-electron chi connectivity index (χ4n) is 7.22. The quantitative estimate of drug-likeness (QED) is 0.0773. The molecule has 0 bridgehead atoms. The molecule has 0 N–H and O–H groups in total. The molecule has 0 radical (unpaired) electrons. The van der Waals surface area contributed by atoms with Crippen LogP contribution in [-0.4, -0.2) is 141 Å². The smallest absolute Gasteiger partial charge is 0.457 e. The Kier molecular flexibility index (Phi) is 15.0. The fourth-order valence-corrected chi connectivity index (χ4v) is 7.22. The van der Waals surface area contributed by atoms with E-state index in [2.05, 4.69) is 39.4 Å². The number of alkyl halides is 26. The first kappa shape index (κ1) is 60.4. The number of fused-ring (bicyclic) bond motifs is 2. The minimum atomic E-state index is -8.23. The predicted octanol–water partition coefficient (Wildman–Crippen LogP) is 13.3. The monoisotopic (exact) mass is 1190 g/mol. The number of hydrogen-bond acceptors (Lipinski definition) is 10. The first-order chi connectivity index (χ1) is 36.5. The number of piperazine rings is 1. The zero-order valence-electron chi connectivity index (χ0n) is 38.5. The number of anilines is 2. The second kappa shape index (κ2) is 19.8. The van der Waals surface area contributed by atoms with Crippen LogP contribution in [0.5, 0.6) is 12.0 Å². The lowest BCUT2D eigenvalue weighted by Gasteiger charge is -2.39. The topological polar surface area (TPSA) is 102 Å². The van der Waals surface area contributed by atoms with Crippen LogP contribution in [0, 0.1) is 0 Å². The van der Waals surface area contributed by atoms with Gasteiger partial charge in [0, 0.05) is 37.3 Å². The zero-order chi connectivity index (χ0) is 59.9. The van der Waals surface area contributed by atoms with E-state index in [4.69, 9.17) is 0 Å². The third kappa shape index (κ3) is 10.1. The van der Waals surface area contributed by atoms with E-state index in [9.17, 15) is 114 Å². The molecule has 10 nitrogen and oxygen atoms in total. The van der Waals surface area contributed by atoms with Crippen LogP contribution < -0.4 is 19.3 Å². The average Bonchev–Trinajstić information content (AvgIpc) is 3.38. The number of halogens is 26. The van der Waals surface area contributed by atoms with E-state index >= 15 is 0 Å². The Labute approximate surface area is 427 Å². The summed E-state index contributed by atoms with van der Waals surface area (Å²) in [5, 5.41) is 1.88. The van der Waals surface area contributed by atoms with Crippen LogP contribution in [0.15, 0.2) is 84.9 Å². The number of aromatic nitrogens is 6. The first-order valence-corrected chi connectivity index (χ1v) is 21.6. The third-order valence-corrected chi connectivity index (χ3v) is 11.8. The molecule has 1 aliphatic heterocycles. The largest absolute Gasteiger partial charge is 0.460 e. The van der Waals surface area contributed by atoms with Crippen molar-refractivity contribution in [1.29, 1.82) is 0 Å². The summed E-state index contributed by atoms with van der Waals surface area (Å²) in [7, 11) is 0. The van der Waals surface area contributed by atoms with Crippen LogP contribution >= 0.6 is 0 Å². The Morgan fingerprint density at radius 3 is 0.912 bits per heavy atom. The van der Waals surface area contributed by atoms with Gasteiger partial charge in [-0.25, -0.2) is 0 Å². The Balaban J connectivity index is 1.20. The maximum atomic E-state index is 14.9. The summed E-state index contributed by atoms with van der Waals surface area (Å²) in [5.41, 5.74) is -0.181. The van der Waals surface area contributed by atoms with Crippen LogP contribution in [0.25, 0.3) is 44.3 Å². The standard InChI is InChI=1S/C44H26F26N8O2/c45-33(46,35(49,50)37(53,54)39(57,58)41(61,62)43(65,66)67)19-79-31-73-27(25-11-9-21-5-1-3-7-23(21)17-25)71-29(75-31)77-13-15-78(16-14-77)30-72-28(26-12-10-22-6-2-4-8-24(22)18-26)74-32(76-30)80-20-34(47,48)36(51,52)38(55,56)40(59,60)42(63,64)44(68,69)70/h1-12,17-18H,13-16,19-20H2. The Hall–Kier alpha value is -7.20. The summed E-state index contributed by atoms with van der Waals surface area (Å²) in [6.45, 7) is -8.49. The van der Waals surface area contributed by atoms with Gasteiger partial charge < -0.3 is 19.3 Å². The Bertz CT molecular complexity index is 3030. The minimum absolute atomic E-state index is 0.0903. The maximum absolute atomic E-state index is 14.9. The van der Waals surface area contributed by atoms with Gasteiger partial charge in [0.05, 0.1) is 0 Å². The first-order valence-electron chi connectivity index (χ1n) is 21.6. The summed E-state index contributed by atoms with van der Waals surface area (Å²) >= 11 is 0. The lowest BCUT2D eigenvalue weighted by Crippen LogP contribution is -2.70. The van der Waals surface area contributed by atoms with Gasteiger partial charge in [-0.15, -0.1) is 0 Å². The molecular formula is C44H26F26N8O2. The van der Waals surface area contributed by atoms with Crippen LogP contribution in [0.2, 0.25) is 0 Å². The van der Waals surface area contributed by atoms with E-state index in [0.29, 0.717) is 21.5 Å². The number of ether oxygens (including phenoxy) is 2. The zero-order valence-corrected chi connectivity index (χ0v) is 38.5. The molecule has 80 heavy (non-hydrogen) atoms. The molecule has 0 saturated carbocycles. The second-order valence-corrected chi connectivity index (χ2v) is 17.2. The maximum Gasteiger partial charge on any atom is 0.460 e. The van der Waals surface area contributed by atoms with Gasteiger partial charge >= 0.3 is 83.6 Å². The predicted molar refractivity (Wildman–Crippen MR) is 223 cm³/mol. The van der Waals surface area contributed by atoms with Crippen LogP contribution in [0.3, 0.4) is 0 Å². The van der Waals surface area contributed by atoms with Gasteiger partial charge in [-0.3, -0.25) is 0 Å². The number of rotatable bonds is 18. The highest BCUT2D eigenvalue weighted by Gasteiger charge is 2.92. The Morgan fingerprint density at radius 1 is 0.325 bits per heavy atom. The van der Waals surface area contributed by atoms with E-state index in [1.54, 1.807) is 24.3 Å². The molecule has 36 heteroatoms. The van der Waals surface area contributed by atoms with Gasteiger partial charge in [0.25, 0.3) is 0 Å². The molecule has 0 unspecified atom stereocenters. The molecule has 0 spiro atoms. The molecule has 4 aromatic carbocycles. The van der Waals surface area contributed by atoms with Crippen molar-refractivity contribution < 1.29 is 124 Å². The van der Waals surface area contributed by atoms with Crippen LogP contribution in [0.1, 0.15) is 0 Å². The van der Waals surface area contributed by atoms with E-state index in [-0.39, 0.29) is 11.1 Å². The number of nitrogens with zero attached hydrogens (tertiary/aromatic N) is 8. The van der Waals surface area contributed by atoms with Crippen molar-refractivity contribution in [3.8, 4) is 34.8 Å². The van der Waals surface area contributed by atoms with Gasteiger partial charge in [0.15, 0.2) is 24.9 Å². The SMILES string of the molecule is FC(F)(F)C(F)(F)C(F)(F)C(F)(F)C(F)(F)C(F)(F)COc1nc(-c2ccc3ccccc3c2)nc(N2CCN(c3nc(OCC(F)(F)C(F)(F)C(F)(F)C(F)(F)C(F)(F)C(F)(F)F)nc(-c4ccc5ccccc5c4)n3)CC2)n1. The van der Waals surface area contributed by atoms with E-state index in [1.165, 1.54) is 60.7 Å². The fraction of sp³-hybridized carbons (Fsp3) is 0.409. The summed E-state index contributed by atoms with van der Waals surface area (Å²) in [6.07, 6.45) is -15.4. The van der Waals surface area contributed by atoms with E-state index in [1.807, 2.05) is 0 Å². The molecular weight excluding hydrogens is 1170 g/mol. The van der Waals surface area contributed by atoms with Crippen molar-refractivity contribution in [2.75, 3.05) is 49.2 Å². The van der Waals surface area contributed by atoms with Gasteiger partial charge in [-0.2, -0.15) is 144 Å². The summed E-state index contributed by atoms with van der Waals surface area (Å²) in [4.78, 5) is 24.9. The van der Waals surface area contributed by atoms with Crippen molar-refractivity contribution in [3.05, 3.63) is 84.9 Å². The van der Waals surface area contributed by atoms with Crippen LogP contribution in [0.4, 0.5) is 126 Å². The van der Waals surface area contributed by atoms with Crippen molar-refractivity contribution in [2.45, 2.75) is 71.6 Å². The molecule has 2 aromatic heterocycles. The molecule has 0 aliphatic carbocycles. The molecule has 1 aliphatic rings. The third-order valence-electron chi connectivity index (χ3n) is 11.8. The van der Waals surface area contributed by atoms with E-state index in [0.717, 1.165) is 9.80 Å². The van der Waals surface area contributed by atoms with Crippen molar-refractivity contribution in [1.82, 2.24) is 29.9 Å².